The Labute approximate surface area is 137 Å². The Morgan fingerprint density at radius 1 is 1.35 bits per heavy atom. The number of carbonyl (C=O) groups is 1. The van der Waals surface area contributed by atoms with E-state index in [4.69, 9.17) is 0 Å². The number of nitrogens with one attached hydrogen (secondary N) is 3. The smallest absolute Gasteiger partial charge is 0.256 e. The number of carbonyl (C=O) groups excluding carboxylic acids is 1. The fourth-order valence-electron chi connectivity index (χ4n) is 2.95. The highest BCUT2D eigenvalue weighted by Crippen LogP contribution is 2.33. The van der Waals surface area contributed by atoms with Crippen molar-refractivity contribution in [2.24, 2.45) is 5.92 Å². The summed E-state index contributed by atoms with van der Waals surface area (Å²) in [5.74, 6) is 1.25. The van der Waals surface area contributed by atoms with Crippen LogP contribution in [-0.4, -0.2) is 43.0 Å². The summed E-state index contributed by atoms with van der Waals surface area (Å²) in [7, 11) is 0. The van der Waals surface area contributed by atoms with E-state index in [-0.39, 0.29) is 11.9 Å². The number of H-pyrrole nitrogens is 1. The average molecular weight is 333 g/mol. The number of hydrogen-bond donors (Lipinski definition) is 3. The highest BCUT2D eigenvalue weighted by atomic mass is 32.1. The van der Waals surface area contributed by atoms with E-state index in [1.807, 2.05) is 6.92 Å². The van der Waals surface area contributed by atoms with Crippen molar-refractivity contribution in [2.45, 2.75) is 51.1 Å². The fraction of sp³-hybridized carbons (Fsp3) is 0.643. The molecule has 0 spiro atoms. The molecule has 1 amide bonds. The summed E-state index contributed by atoms with van der Waals surface area (Å²) >= 11 is 1.38. The lowest BCUT2D eigenvalue weighted by Crippen LogP contribution is -2.45. The molecular weight excluding hydrogens is 314 g/mol. The molecule has 23 heavy (non-hydrogen) atoms. The maximum atomic E-state index is 12.6. The van der Waals surface area contributed by atoms with Gasteiger partial charge in [0.1, 0.15) is 5.00 Å². The Hall–Kier alpha value is -2.03. The third-order valence-electron chi connectivity index (χ3n) is 4.43. The molecule has 2 heterocycles. The second kappa shape index (κ2) is 5.88. The Morgan fingerprint density at radius 2 is 2.17 bits per heavy atom. The van der Waals surface area contributed by atoms with Crippen LogP contribution in [0.1, 0.15) is 47.6 Å². The predicted molar refractivity (Wildman–Crippen MR) is 85.4 cm³/mol. The second-order valence-corrected chi connectivity index (χ2v) is 7.20. The van der Waals surface area contributed by atoms with E-state index in [9.17, 15) is 4.79 Å². The minimum absolute atomic E-state index is 0.0117. The zero-order chi connectivity index (χ0) is 15.8. The van der Waals surface area contributed by atoms with E-state index in [2.05, 4.69) is 35.6 Å². The summed E-state index contributed by atoms with van der Waals surface area (Å²) in [5, 5.41) is 21.4. The van der Waals surface area contributed by atoms with E-state index < -0.39 is 0 Å². The van der Waals surface area contributed by atoms with Gasteiger partial charge in [0.15, 0.2) is 5.82 Å². The molecule has 3 N–H and O–H groups in total. The number of anilines is 1. The van der Waals surface area contributed by atoms with Crippen LogP contribution < -0.4 is 10.6 Å². The van der Waals surface area contributed by atoms with E-state index in [0.717, 1.165) is 35.8 Å². The quantitative estimate of drug-likeness (QED) is 0.735. The average Bonchev–Trinajstić information content (AvgIpc) is 3.00. The molecule has 8 nitrogen and oxygen atoms in total. The van der Waals surface area contributed by atoms with Crippen molar-refractivity contribution < 1.29 is 4.79 Å². The molecule has 0 bridgehead atoms. The summed E-state index contributed by atoms with van der Waals surface area (Å²) in [5.41, 5.74) is 1.52. The molecule has 9 heteroatoms. The Bertz CT molecular complexity index is 688. The van der Waals surface area contributed by atoms with Gasteiger partial charge in [0.05, 0.1) is 11.3 Å². The number of aryl methyl sites for hydroxylation is 1. The molecule has 2 aromatic heterocycles. The van der Waals surface area contributed by atoms with Gasteiger partial charge in [-0.15, -0.1) is 10.2 Å². The van der Waals surface area contributed by atoms with Gasteiger partial charge in [0, 0.05) is 18.5 Å². The molecule has 0 unspecified atom stereocenters. The zero-order valence-corrected chi connectivity index (χ0v) is 13.7. The van der Waals surface area contributed by atoms with Crippen molar-refractivity contribution in [3.05, 3.63) is 17.1 Å². The van der Waals surface area contributed by atoms with Gasteiger partial charge in [0.25, 0.3) is 5.91 Å². The first-order valence-electron chi connectivity index (χ1n) is 7.95. The lowest BCUT2D eigenvalue weighted by Gasteiger charge is -2.35. The van der Waals surface area contributed by atoms with E-state index in [1.54, 1.807) is 0 Å². The molecule has 2 aliphatic rings. The van der Waals surface area contributed by atoms with Gasteiger partial charge in [-0.3, -0.25) is 4.79 Å². The van der Waals surface area contributed by atoms with Gasteiger partial charge in [0.2, 0.25) is 0 Å². The number of tetrazole rings is 1. The largest absolute Gasteiger partial charge is 0.372 e. The fourth-order valence-corrected chi connectivity index (χ4v) is 3.82. The lowest BCUT2D eigenvalue weighted by atomic mass is 9.78. The molecule has 0 saturated heterocycles. The molecule has 0 radical (unpaired) electrons. The van der Waals surface area contributed by atoms with Crippen molar-refractivity contribution in [1.82, 2.24) is 30.3 Å². The van der Waals surface area contributed by atoms with Gasteiger partial charge < -0.3 is 10.6 Å². The van der Waals surface area contributed by atoms with Crippen LogP contribution >= 0.6 is 11.5 Å². The maximum absolute atomic E-state index is 12.6. The summed E-state index contributed by atoms with van der Waals surface area (Å²) in [4.78, 5) is 12.6. The van der Waals surface area contributed by atoms with Crippen molar-refractivity contribution in [3.8, 4) is 0 Å². The Morgan fingerprint density at radius 3 is 2.87 bits per heavy atom. The van der Waals surface area contributed by atoms with Crippen molar-refractivity contribution in [1.29, 1.82) is 0 Å². The highest BCUT2D eigenvalue weighted by Gasteiger charge is 2.33. The van der Waals surface area contributed by atoms with Crippen LogP contribution in [0.2, 0.25) is 0 Å². The number of nitrogens with zero attached hydrogens (tertiary/aromatic N) is 4. The predicted octanol–water partition coefficient (Wildman–Crippen LogP) is 1.29. The molecule has 122 valence electrons. The molecule has 0 atom stereocenters. The highest BCUT2D eigenvalue weighted by molar-refractivity contribution is 7.10. The van der Waals surface area contributed by atoms with Crippen LogP contribution in [0.4, 0.5) is 5.00 Å². The first-order valence-corrected chi connectivity index (χ1v) is 8.72. The first kappa shape index (κ1) is 14.6. The summed E-state index contributed by atoms with van der Waals surface area (Å²) in [6, 6.07) is 0.747. The zero-order valence-electron chi connectivity index (χ0n) is 12.9. The number of hydrogen-bond acceptors (Lipinski definition) is 7. The summed E-state index contributed by atoms with van der Waals surface area (Å²) in [6.45, 7) is 1.89. The summed E-state index contributed by atoms with van der Waals surface area (Å²) in [6.07, 6.45) is 5.09. The molecular formula is C14H19N7OS. The van der Waals surface area contributed by atoms with Crippen LogP contribution in [-0.2, 0) is 6.42 Å². The van der Waals surface area contributed by atoms with Gasteiger partial charge in [-0.2, -0.15) is 9.59 Å². The number of aromatic nitrogens is 5. The third-order valence-corrected chi connectivity index (χ3v) is 5.30. The first-order chi connectivity index (χ1) is 11.2. The Kier molecular flexibility index (Phi) is 3.72. The van der Waals surface area contributed by atoms with Gasteiger partial charge >= 0.3 is 0 Å². The molecule has 4 rings (SSSR count). The Balaban J connectivity index is 1.31. The van der Waals surface area contributed by atoms with Crippen LogP contribution in [0.3, 0.4) is 0 Å². The minimum Gasteiger partial charge on any atom is -0.372 e. The standard InChI is InChI=1S/C14H19N7OS/c1-7-12(14(23-19-7)16-9-2-3-9)13(22)15-10-4-8(5-10)6-11-17-20-21-18-11/h8-10,16H,2-6H2,1H3,(H,15,22)(H,17,18,20,21). The van der Waals surface area contributed by atoms with Crippen LogP contribution in [0.25, 0.3) is 0 Å². The van der Waals surface area contributed by atoms with E-state index >= 15 is 0 Å². The second-order valence-electron chi connectivity index (χ2n) is 6.43. The van der Waals surface area contributed by atoms with Gasteiger partial charge in [-0.05, 0) is 50.1 Å². The normalized spacial score (nSPS) is 23.3. The van der Waals surface area contributed by atoms with Crippen LogP contribution in [0, 0.1) is 12.8 Å². The van der Waals surface area contributed by atoms with Crippen LogP contribution in [0.5, 0.6) is 0 Å². The van der Waals surface area contributed by atoms with E-state index in [0.29, 0.717) is 17.5 Å². The SMILES string of the molecule is Cc1nsc(NC2CC2)c1C(=O)NC1CC(Cc2nn[nH]n2)C1. The lowest BCUT2D eigenvalue weighted by molar-refractivity contribution is 0.0889. The third kappa shape index (κ3) is 3.19. The molecule has 2 aromatic rings. The molecule has 2 aliphatic carbocycles. The molecule has 0 aromatic carbocycles. The van der Waals surface area contributed by atoms with Crippen molar-refractivity contribution in [2.75, 3.05) is 5.32 Å². The molecule has 2 saturated carbocycles. The number of amides is 1. The topological polar surface area (TPSA) is 108 Å². The van der Waals surface area contributed by atoms with Crippen molar-refractivity contribution in [3.63, 3.8) is 0 Å². The number of aromatic amines is 1. The molecule has 0 aliphatic heterocycles. The molecule has 2 fully saturated rings. The maximum Gasteiger partial charge on any atom is 0.256 e. The van der Waals surface area contributed by atoms with Gasteiger partial charge in [-0.1, -0.05) is 5.21 Å². The van der Waals surface area contributed by atoms with Crippen molar-refractivity contribution >= 4 is 22.4 Å². The van der Waals surface area contributed by atoms with Crippen LogP contribution in [0.15, 0.2) is 0 Å². The monoisotopic (exact) mass is 333 g/mol. The van der Waals surface area contributed by atoms with Gasteiger partial charge in [-0.25, -0.2) is 0 Å². The summed E-state index contributed by atoms with van der Waals surface area (Å²) < 4.78 is 4.33. The minimum atomic E-state index is -0.0117. The number of rotatable bonds is 6. The van der Waals surface area contributed by atoms with E-state index in [1.165, 1.54) is 24.4 Å².